The van der Waals surface area contributed by atoms with Gasteiger partial charge in [0.05, 0.1) is 23.5 Å². The van der Waals surface area contributed by atoms with Gasteiger partial charge in [0.1, 0.15) is 6.67 Å². The highest BCUT2D eigenvalue weighted by Gasteiger charge is 2.21. The lowest BCUT2D eigenvalue weighted by Gasteiger charge is -2.11. The largest absolute Gasteiger partial charge is 0.478 e. The van der Waals surface area contributed by atoms with Crippen molar-refractivity contribution in [3.05, 3.63) is 112 Å². The van der Waals surface area contributed by atoms with Crippen molar-refractivity contribution in [2.45, 2.75) is 39.9 Å². The molecule has 0 spiro atoms. The smallest absolute Gasteiger partial charge is 0.336 e. The summed E-state index contributed by atoms with van der Waals surface area (Å²) >= 11 is 0. The molecule has 0 saturated carbocycles. The van der Waals surface area contributed by atoms with E-state index < -0.39 is 12.6 Å². The molecule has 35 heavy (non-hydrogen) atoms. The molecule has 0 aliphatic rings. The zero-order chi connectivity index (χ0) is 24.9. The first-order valence-corrected chi connectivity index (χ1v) is 11.8. The lowest BCUT2D eigenvalue weighted by molar-refractivity contribution is 0.0697. The van der Waals surface area contributed by atoms with Crippen LogP contribution in [0.1, 0.15) is 47.6 Å². The highest BCUT2D eigenvalue weighted by Crippen LogP contribution is 2.25. The second kappa shape index (κ2) is 10.6. The fourth-order valence-electron chi connectivity index (χ4n) is 4.38. The van der Waals surface area contributed by atoms with Gasteiger partial charge in [-0.15, -0.1) is 0 Å². The Balaban J connectivity index is 1.74. The average molecular weight is 473 g/mol. The third kappa shape index (κ3) is 5.11. The van der Waals surface area contributed by atoms with Crippen molar-refractivity contribution in [2.24, 2.45) is 5.92 Å². The highest BCUT2D eigenvalue weighted by atomic mass is 19.1. The number of carboxylic acids is 1. The summed E-state index contributed by atoms with van der Waals surface area (Å²) < 4.78 is 17.5. The van der Waals surface area contributed by atoms with E-state index >= 15 is 0 Å². The van der Waals surface area contributed by atoms with Gasteiger partial charge < -0.3 is 5.11 Å². The molecule has 0 aliphatic carbocycles. The van der Waals surface area contributed by atoms with Crippen LogP contribution >= 0.6 is 0 Å². The molecule has 0 saturated heterocycles. The first kappa shape index (κ1) is 24.2. The molecule has 1 aromatic heterocycles. The van der Waals surface area contributed by atoms with Gasteiger partial charge in [0, 0.05) is 5.69 Å². The number of aromatic nitrogens is 2. The van der Waals surface area contributed by atoms with Crippen molar-refractivity contribution in [1.29, 1.82) is 0 Å². The normalized spacial score (nSPS) is 11.2. The first-order valence-electron chi connectivity index (χ1n) is 11.8. The number of hydrogen-bond acceptors (Lipinski definition) is 2. The molecule has 4 aromatic rings. The minimum Gasteiger partial charge on any atom is -0.478 e. The maximum absolute atomic E-state index is 14.3. The van der Waals surface area contributed by atoms with E-state index in [0.717, 1.165) is 23.2 Å². The number of para-hydroxylation sites is 1. The van der Waals surface area contributed by atoms with Crippen molar-refractivity contribution in [3.8, 4) is 16.8 Å². The Labute approximate surface area is 204 Å². The zero-order valence-corrected chi connectivity index (χ0v) is 19.9. The molecule has 0 bridgehead atoms. The number of benzene rings is 3. The van der Waals surface area contributed by atoms with E-state index in [2.05, 4.69) is 13.8 Å². The van der Waals surface area contributed by atoms with Crippen LogP contribution in [0.2, 0.25) is 0 Å². The molecule has 1 N–H and O–H groups in total. The van der Waals surface area contributed by atoms with E-state index in [-0.39, 0.29) is 11.3 Å². The molecule has 0 unspecified atom stereocenters. The first-order chi connectivity index (χ1) is 16.9. The number of carbonyl (C=O) groups is 1. The van der Waals surface area contributed by atoms with Crippen LogP contribution in [0.5, 0.6) is 0 Å². The average Bonchev–Trinajstić information content (AvgIpc) is 3.14. The minimum absolute atomic E-state index is 0.236. The molecule has 0 radical (unpaired) electrons. The Morgan fingerprint density at radius 1 is 0.914 bits per heavy atom. The highest BCUT2D eigenvalue weighted by molar-refractivity contribution is 5.95. The van der Waals surface area contributed by atoms with Gasteiger partial charge in [-0.1, -0.05) is 74.5 Å². The molecule has 0 fully saturated rings. The van der Waals surface area contributed by atoms with Crippen LogP contribution in [0.15, 0.2) is 83.7 Å². The van der Waals surface area contributed by atoms with Gasteiger partial charge in [-0.05, 0) is 53.6 Å². The molecule has 3 aromatic carbocycles. The van der Waals surface area contributed by atoms with Gasteiger partial charge in [-0.3, -0.25) is 9.13 Å². The summed E-state index contributed by atoms with van der Waals surface area (Å²) in [5.74, 6) is -0.563. The van der Waals surface area contributed by atoms with Crippen LogP contribution in [0.25, 0.3) is 16.8 Å². The minimum atomic E-state index is -0.980. The second-order valence-corrected chi connectivity index (χ2v) is 9.05. The van der Waals surface area contributed by atoms with E-state index in [1.165, 1.54) is 4.57 Å². The summed E-state index contributed by atoms with van der Waals surface area (Å²) in [6, 6.07) is 23.5. The van der Waals surface area contributed by atoms with Crippen LogP contribution in [0.4, 0.5) is 4.39 Å². The maximum Gasteiger partial charge on any atom is 0.336 e. The van der Waals surface area contributed by atoms with Gasteiger partial charge in [0.25, 0.3) is 0 Å². The number of alkyl halides is 1. The molecular formula is C29H29FN2O3. The molecule has 0 aliphatic heterocycles. The topological polar surface area (TPSA) is 64.2 Å². The van der Waals surface area contributed by atoms with E-state index in [9.17, 15) is 19.1 Å². The number of carboxylic acid groups (broad SMARTS) is 1. The van der Waals surface area contributed by atoms with E-state index in [4.69, 9.17) is 0 Å². The standard InChI is InChI=1S/C29H29FN2O3/c1-20(2)12-17-26-27(18-30)32(23-8-4-3-5-9-23)29(35)31(26)19-21-13-15-22(16-14-21)24-10-6-7-11-25(24)28(33)34/h3-11,13-16,20H,12,17-19H2,1-2H3,(H,33,34). The Kier molecular flexibility index (Phi) is 7.30. The molecule has 5 nitrogen and oxygen atoms in total. The molecule has 1 heterocycles. The van der Waals surface area contributed by atoms with Crippen LogP contribution < -0.4 is 5.69 Å². The summed E-state index contributed by atoms with van der Waals surface area (Å²) in [5, 5.41) is 9.50. The van der Waals surface area contributed by atoms with Gasteiger partial charge >= 0.3 is 11.7 Å². The van der Waals surface area contributed by atoms with Crippen molar-refractivity contribution in [3.63, 3.8) is 0 Å². The quantitative estimate of drug-likeness (QED) is 0.320. The SMILES string of the molecule is CC(C)CCc1c(CF)n(-c2ccccc2)c(=O)n1Cc1ccc(-c2ccccc2C(=O)O)cc1. The molecule has 180 valence electrons. The third-order valence-corrected chi connectivity index (χ3v) is 6.21. The monoisotopic (exact) mass is 472 g/mol. The fraction of sp³-hybridized carbons (Fsp3) is 0.241. The number of rotatable bonds is 9. The summed E-state index contributed by atoms with van der Waals surface area (Å²) in [6.07, 6.45) is 1.45. The molecule has 6 heteroatoms. The Hall–Kier alpha value is -3.93. The fourth-order valence-corrected chi connectivity index (χ4v) is 4.38. The van der Waals surface area contributed by atoms with Gasteiger partial charge in [-0.2, -0.15) is 0 Å². The van der Waals surface area contributed by atoms with Gasteiger partial charge in [0.15, 0.2) is 0 Å². The predicted molar refractivity (Wildman–Crippen MR) is 136 cm³/mol. The number of imidazole rings is 1. The van der Waals surface area contributed by atoms with Crippen molar-refractivity contribution in [1.82, 2.24) is 9.13 Å². The molecular weight excluding hydrogens is 443 g/mol. The third-order valence-electron chi connectivity index (χ3n) is 6.21. The van der Waals surface area contributed by atoms with E-state index in [1.807, 2.05) is 54.6 Å². The van der Waals surface area contributed by atoms with Crippen LogP contribution in [0.3, 0.4) is 0 Å². The summed E-state index contributed by atoms with van der Waals surface area (Å²) in [6.45, 7) is 3.80. The van der Waals surface area contributed by atoms with E-state index in [0.29, 0.717) is 35.8 Å². The Bertz CT molecular complexity index is 1370. The summed E-state index contributed by atoms with van der Waals surface area (Å²) in [4.78, 5) is 25.1. The lowest BCUT2D eigenvalue weighted by Crippen LogP contribution is -2.25. The maximum atomic E-state index is 14.3. The Morgan fingerprint density at radius 2 is 1.57 bits per heavy atom. The second-order valence-electron chi connectivity index (χ2n) is 9.05. The number of halogens is 1. The van der Waals surface area contributed by atoms with Crippen LogP contribution in [-0.2, 0) is 19.6 Å². The van der Waals surface area contributed by atoms with Crippen molar-refractivity contribution < 1.29 is 14.3 Å². The van der Waals surface area contributed by atoms with E-state index in [1.54, 1.807) is 28.8 Å². The Morgan fingerprint density at radius 3 is 2.20 bits per heavy atom. The number of aromatic carboxylic acids is 1. The summed E-state index contributed by atoms with van der Waals surface area (Å²) in [5.41, 5.74) is 4.04. The molecule has 0 amide bonds. The van der Waals surface area contributed by atoms with Crippen molar-refractivity contribution in [2.75, 3.05) is 0 Å². The zero-order valence-electron chi connectivity index (χ0n) is 19.9. The van der Waals surface area contributed by atoms with Crippen molar-refractivity contribution >= 4 is 5.97 Å². The predicted octanol–water partition coefficient (Wildman–Crippen LogP) is 6.11. The number of nitrogens with zero attached hydrogens (tertiary/aromatic N) is 2. The van der Waals surface area contributed by atoms with Gasteiger partial charge in [-0.25, -0.2) is 14.0 Å². The number of hydrogen-bond donors (Lipinski definition) is 1. The van der Waals surface area contributed by atoms with Gasteiger partial charge in [0.2, 0.25) is 0 Å². The lowest BCUT2D eigenvalue weighted by atomic mass is 9.98. The molecule has 4 rings (SSSR count). The van der Waals surface area contributed by atoms with Crippen LogP contribution in [-0.4, -0.2) is 20.2 Å². The molecule has 0 atom stereocenters. The van der Waals surface area contributed by atoms with Crippen LogP contribution in [0, 0.1) is 5.92 Å². The summed E-state index contributed by atoms with van der Waals surface area (Å²) in [7, 11) is 0.